The molecule has 1 fully saturated rings. The monoisotopic (exact) mass is 306 g/mol. The number of benzene rings is 1. The number of hydrogen-bond donors (Lipinski definition) is 1. The van der Waals surface area contributed by atoms with Crippen LogP contribution >= 0.6 is 15.9 Å². The van der Waals surface area contributed by atoms with Crippen molar-refractivity contribution in [2.45, 2.75) is 26.2 Å². The molecule has 0 aliphatic carbocycles. The molecule has 1 saturated heterocycles. The third kappa shape index (κ3) is 1.72. The van der Waals surface area contributed by atoms with Gasteiger partial charge in [-0.15, -0.1) is 0 Å². The number of aryl methyl sites for hydroxylation is 3. The first-order valence-corrected chi connectivity index (χ1v) is 7.34. The average molecular weight is 307 g/mol. The Kier molecular flexibility index (Phi) is 2.99. The van der Waals surface area contributed by atoms with E-state index in [2.05, 4.69) is 58.8 Å². The lowest BCUT2D eigenvalue weighted by Gasteiger charge is -2.11. The van der Waals surface area contributed by atoms with E-state index < -0.39 is 0 Å². The third-order valence-electron chi connectivity index (χ3n) is 4.07. The number of nitrogens with one attached hydrogen (secondary N) is 1. The Bertz CT molecular complexity index is 607. The van der Waals surface area contributed by atoms with Crippen molar-refractivity contribution in [3.8, 4) is 0 Å². The lowest BCUT2D eigenvalue weighted by atomic mass is 10.0. The quantitative estimate of drug-likeness (QED) is 0.851. The van der Waals surface area contributed by atoms with Crippen LogP contribution in [0.15, 0.2) is 16.6 Å². The van der Waals surface area contributed by atoms with Crippen LogP contribution in [0.3, 0.4) is 0 Å². The lowest BCUT2D eigenvalue weighted by molar-refractivity contribution is 0.690. The molecule has 1 N–H and O–H groups in total. The normalized spacial score (nSPS) is 19.9. The summed E-state index contributed by atoms with van der Waals surface area (Å²) in [4.78, 5) is 0. The van der Waals surface area contributed by atoms with Gasteiger partial charge in [-0.3, -0.25) is 0 Å². The molecule has 0 spiro atoms. The Morgan fingerprint density at radius 3 is 2.78 bits per heavy atom. The van der Waals surface area contributed by atoms with E-state index in [1.54, 1.807) is 0 Å². The zero-order chi connectivity index (χ0) is 12.9. The molecule has 1 aliphatic rings. The molecule has 18 heavy (non-hydrogen) atoms. The van der Waals surface area contributed by atoms with Gasteiger partial charge in [-0.05, 0) is 59.9 Å². The smallest absolute Gasteiger partial charge is 0.0497 e. The van der Waals surface area contributed by atoms with Gasteiger partial charge < -0.3 is 9.88 Å². The highest BCUT2D eigenvalue weighted by atomic mass is 79.9. The molecule has 0 amide bonds. The highest BCUT2D eigenvalue weighted by molar-refractivity contribution is 9.10. The summed E-state index contributed by atoms with van der Waals surface area (Å²) in [6, 6.07) is 4.56. The molecule has 3 rings (SSSR count). The molecule has 2 nitrogen and oxygen atoms in total. The fraction of sp³-hybridized carbons (Fsp3) is 0.467. The Hall–Kier alpha value is -0.800. The molecule has 1 aromatic heterocycles. The first-order valence-electron chi connectivity index (χ1n) is 6.55. The van der Waals surface area contributed by atoms with Gasteiger partial charge in [0.15, 0.2) is 0 Å². The van der Waals surface area contributed by atoms with Gasteiger partial charge in [0.25, 0.3) is 0 Å². The zero-order valence-electron chi connectivity index (χ0n) is 11.2. The molecule has 0 radical (unpaired) electrons. The fourth-order valence-electron chi connectivity index (χ4n) is 3.24. The fourth-order valence-corrected chi connectivity index (χ4v) is 4.35. The Morgan fingerprint density at radius 2 is 2.11 bits per heavy atom. The van der Waals surface area contributed by atoms with Crippen molar-refractivity contribution in [1.82, 2.24) is 9.88 Å². The summed E-state index contributed by atoms with van der Waals surface area (Å²) in [6.45, 7) is 6.61. The number of rotatable bonds is 1. The van der Waals surface area contributed by atoms with Crippen molar-refractivity contribution < 1.29 is 0 Å². The van der Waals surface area contributed by atoms with Gasteiger partial charge in [0.1, 0.15) is 0 Å². The average Bonchev–Trinajstić information content (AvgIpc) is 2.87. The molecule has 1 atom stereocenters. The van der Waals surface area contributed by atoms with Crippen molar-refractivity contribution >= 4 is 26.8 Å². The summed E-state index contributed by atoms with van der Waals surface area (Å²) in [5, 5.41) is 4.84. The van der Waals surface area contributed by atoms with Crippen molar-refractivity contribution in [1.29, 1.82) is 0 Å². The lowest BCUT2D eigenvalue weighted by Crippen LogP contribution is -2.10. The largest absolute Gasteiger partial charge is 0.346 e. The van der Waals surface area contributed by atoms with Crippen LogP contribution in [-0.2, 0) is 7.05 Å². The van der Waals surface area contributed by atoms with Crippen molar-refractivity contribution in [2.24, 2.45) is 7.05 Å². The Balaban J connectivity index is 2.30. The van der Waals surface area contributed by atoms with Crippen molar-refractivity contribution in [3.05, 3.63) is 33.4 Å². The van der Waals surface area contributed by atoms with Gasteiger partial charge in [-0.2, -0.15) is 0 Å². The van der Waals surface area contributed by atoms with Gasteiger partial charge in [0.05, 0.1) is 0 Å². The van der Waals surface area contributed by atoms with Crippen molar-refractivity contribution in [2.75, 3.05) is 13.1 Å². The van der Waals surface area contributed by atoms with Gasteiger partial charge in [0.2, 0.25) is 0 Å². The highest BCUT2D eigenvalue weighted by Crippen LogP contribution is 2.38. The standard InChI is InChI=1S/C15H19BrN2/c1-9-6-10(2)13-12(7-9)18(3)15(14(13)16)11-4-5-17-8-11/h6-7,11,17H,4-5,8H2,1-3H3. The second-order valence-corrected chi connectivity index (χ2v) is 6.22. The van der Waals surface area contributed by atoms with E-state index in [9.17, 15) is 0 Å². The van der Waals surface area contributed by atoms with E-state index in [0.717, 1.165) is 13.1 Å². The van der Waals surface area contributed by atoms with Crippen LogP contribution in [0.2, 0.25) is 0 Å². The Morgan fingerprint density at radius 1 is 1.33 bits per heavy atom. The minimum atomic E-state index is 0.636. The van der Waals surface area contributed by atoms with E-state index >= 15 is 0 Å². The van der Waals surface area contributed by atoms with Crippen LogP contribution in [0.5, 0.6) is 0 Å². The van der Waals surface area contributed by atoms with Crippen molar-refractivity contribution in [3.63, 3.8) is 0 Å². The van der Waals surface area contributed by atoms with Crippen LogP contribution in [0, 0.1) is 13.8 Å². The van der Waals surface area contributed by atoms with E-state index in [4.69, 9.17) is 0 Å². The van der Waals surface area contributed by atoms with Crippen LogP contribution < -0.4 is 5.32 Å². The molecule has 1 unspecified atom stereocenters. The molecule has 2 heterocycles. The predicted octanol–water partition coefficient (Wildman–Crippen LogP) is 3.63. The second kappa shape index (κ2) is 4.39. The van der Waals surface area contributed by atoms with Gasteiger partial charge >= 0.3 is 0 Å². The number of aromatic nitrogens is 1. The molecule has 96 valence electrons. The third-order valence-corrected chi connectivity index (χ3v) is 4.88. The highest BCUT2D eigenvalue weighted by Gasteiger charge is 2.25. The number of fused-ring (bicyclic) bond motifs is 1. The first kappa shape index (κ1) is 12.2. The summed E-state index contributed by atoms with van der Waals surface area (Å²) in [6.07, 6.45) is 1.24. The van der Waals surface area contributed by atoms with E-state index in [-0.39, 0.29) is 0 Å². The second-order valence-electron chi connectivity index (χ2n) is 5.42. The van der Waals surface area contributed by atoms with Gasteiger partial charge in [-0.25, -0.2) is 0 Å². The summed E-state index contributed by atoms with van der Waals surface area (Å²) in [5.41, 5.74) is 5.50. The summed E-state index contributed by atoms with van der Waals surface area (Å²) in [5.74, 6) is 0.636. The maximum atomic E-state index is 3.84. The molecular formula is C15H19BrN2. The molecule has 3 heteroatoms. The first-order chi connectivity index (χ1) is 8.59. The van der Waals surface area contributed by atoms with E-state index in [1.165, 1.54) is 38.6 Å². The van der Waals surface area contributed by atoms with Crippen LogP contribution in [0.1, 0.15) is 29.2 Å². The van der Waals surface area contributed by atoms with E-state index in [0.29, 0.717) is 5.92 Å². The maximum absolute atomic E-state index is 3.84. The number of halogens is 1. The minimum absolute atomic E-state index is 0.636. The SMILES string of the molecule is Cc1cc(C)c2c(Br)c(C3CCNC3)n(C)c2c1. The molecular weight excluding hydrogens is 288 g/mol. The number of hydrogen-bond acceptors (Lipinski definition) is 1. The molecule has 1 aromatic carbocycles. The topological polar surface area (TPSA) is 17.0 Å². The Labute approximate surface area is 116 Å². The number of nitrogens with zero attached hydrogens (tertiary/aromatic N) is 1. The summed E-state index contributed by atoms with van der Waals surface area (Å²) >= 11 is 3.84. The van der Waals surface area contributed by atoms with Crippen LogP contribution in [-0.4, -0.2) is 17.7 Å². The molecule has 0 saturated carbocycles. The minimum Gasteiger partial charge on any atom is -0.346 e. The van der Waals surface area contributed by atoms with Crippen LogP contribution in [0.4, 0.5) is 0 Å². The molecule has 0 bridgehead atoms. The summed E-state index contributed by atoms with van der Waals surface area (Å²) < 4.78 is 3.67. The van der Waals surface area contributed by atoms with Gasteiger partial charge in [-0.1, -0.05) is 6.07 Å². The van der Waals surface area contributed by atoms with E-state index in [1.807, 2.05) is 0 Å². The zero-order valence-corrected chi connectivity index (χ0v) is 12.8. The maximum Gasteiger partial charge on any atom is 0.0497 e. The summed E-state index contributed by atoms with van der Waals surface area (Å²) in [7, 11) is 2.19. The predicted molar refractivity (Wildman–Crippen MR) is 80.3 cm³/mol. The molecule has 2 aromatic rings. The van der Waals surface area contributed by atoms with Crippen LogP contribution in [0.25, 0.3) is 10.9 Å². The molecule has 1 aliphatic heterocycles. The van der Waals surface area contributed by atoms with Gasteiger partial charge in [0, 0.05) is 40.6 Å².